The quantitative estimate of drug-likeness (QED) is 0.757. The lowest BCUT2D eigenvalue weighted by Gasteiger charge is -2.34. The van der Waals surface area contributed by atoms with E-state index in [2.05, 4.69) is 21.2 Å². The Balaban J connectivity index is 1.72. The molecule has 1 aliphatic heterocycles. The van der Waals surface area contributed by atoms with Crippen molar-refractivity contribution in [1.82, 2.24) is 14.5 Å². The Labute approximate surface area is 172 Å². The van der Waals surface area contributed by atoms with Crippen molar-refractivity contribution in [1.29, 1.82) is 0 Å². The smallest absolute Gasteiger partial charge is 0.332 e. The third-order valence-electron chi connectivity index (χ3n) is 5.19. The van der Waals surface area contributed by atoms with Gasteiger partial charge < -0.3 is 10.2 Å². The Morgan fingerprint density at radius 2 is 1.96 bits per heavy atom. The third kappa shape index (κ3) is 4.38. The van der Waals surface area contributed by atoms with Crippen LogP contribution in [0, 0.1) is 5.92 Å². The number of carbonyl (C=O) groups is 1. The van der Waals surface area contributed by atoms with Gasteiger partial charge in [0.05, 0.1) is 5.92 Å². The second-order valence-electron chi connectivity index (χ2n) is 7.06. The van der Waals surface area contributed by atoms with Crippen molar-refractivity contribution in [2.75, 3.05) is 18.0 Å². The molecule has 2 aromatic rings. The topological polar surface area (TPSA) is 76.3 Å². The Morgan fingerprint density at radius 3 is 2.64 bits per heavy atom. The van der Waals surface area contributed by atoms with E-state index in [0.29, 0.717) is 25.5 Å². The summed E-state index contributed by atoms with van der Waals surface area (Å²) in [5.74, 6) is 0.427. The highest BCUT2D eigenvalue weighted by Crippen LogP contribution is 2.22. The van der Waals surface area contributed by atoms with Crippen molar-refractivity contribution >= 4 is 27.7 Å². The molecule has 0 aliphatic carbocycles. The molecule has 0 spiro atoms. The van der Waals surface area contributed by atoms with E-state index >= 15 is 0 Å². The van der Waals surface area contributed by atoms with Crippen LogP contribution in [-0.2, 0) is 24.9 Å². The van der Waals surface area contributed by atoms with E-state index < -0.39 is 0 Å². The summed E-state index contributed by atoms with van der Waals surface area (Å²) in [7, 11) is 1.48. The summed E-state index contributed by atoms with van der Waals surface area (Å²) in [6, 6.07) is 9.33. The number of nitrogens with one attached hydrogen (secondary N) is 1. The lowest BCUT2D eigenvalue weighted by molar-refractivity contribution is -0.125. The summed E-state index contributed by atoms with van der Waals surface area (Å²) < 4.78 is 3.70. The highest BCUT2D eigenvalue weighted by atomic mass is 79.9. The van der Waals surface area contributed by atoms with Gasteiger partial charge in [0.1, 0.15) is 5.82 Å². The molecule has 2 heterocycles. The molecule has 1 unspecified atom stereocenters. The number of halogens is 1. The van der Waals surface area contributed by atoms with E-state index in [0.717, 1.165) is 34.0 Å². The van der Waals surface area contributed by atoms with E-state index in [-0.39, 0.29) is 23.1 Å². The van der Waals surface area contributed by atoms with Crippen molar-refractivity contribution in [3.05, 3.63) is 61.2 Å². The highest BCUT2D eigenvalue weighted by Gasteiger charge is 2.27. The van der Waals surface area contributed by atoms with Gasteiger partial charge in [-0.3, -0.25) is 18.7 Å². The van der Waals surface area contributed by atoms with Gasteiger partial charge in [0.2, 0.25) is 5.91 Å². The molecule has 3 rings (SSSR count). The number of aromatic nitrogens is 2. The van der Waals surface area contributed by atoms with Crippen LogP contribution in [0.15, 0.2) is 44.4 Å². The van der Waals surface area contributed by atoms with Crippen LogP contribution in [0.4, 0.5) is 5.82 Å². The first-order chi connectivity index (χ1) is 13.4. The molecule has 0 saturated carbocycles. The lowest BCUT2D eigenvalue weighted by atomic mass is 9.97. The SMILES string of the molecule is CCn1c(N2CCCC(C(=O)NCc3ccc(Br)cc3)C2)cc(=O)n(C)c1=O. The van der Waals surface area contributed by atoms with Gasteiger partial charge in [-0.15, -0.1) is 0 Å². The fourth-order valence-electron chi connectivity index (χ4n) is 3.55. The van der Waals surface area contributed by atoms with Gasteiger partial charge in [-0.25, -0.2) is 4.79 Å². The van der Waals surface area contributed by atoms with Gasteiger partial charge in [0.15, 0.2) is 0 Å². The average Bonchev–Trinajstić information content (AvgIpc) is 2.71. The number of rotatable bonds is 5. The minimum absolute atomic E-state index is 0.00171. The number of hydrogen-bond donors (Lipinski definition) is 1. The van der Waals surface area contributed by atoms with E-state index in [4.69, 9.17) is 0 Å². The molecule has 150 valence electrons. The average molecular weight is 449 g/mol. The first-order valence-electron chi connectivity index (χ1n) is 9.48. The molecule has 0 radical (unpaired) electrons. The molecule has 1 aromatic heterocycles. The maximum atomic E-state index is 12.7. The van der Waals surface area contributed by atoms with Crippen molar-refractivity contribution in [2.45, 2.75) is 32.9 Å². The molecular formula is C20H25BrN4O3. The van der Waals surface area contributed by atoms with Crippen LogP contribution in [0.25, 0.3) is 0 Å². The maximum absolute atomic E-state index is 12.7. The summed E-state index contributed by atoms with van der Waals surface area (Å²) >= 11 is 3.40. The van der Waals surface area contributed by atoms with Crippen molar-refractivity contribution in [2.24, 2.45) is 13.0 Å². The zero-order valence-corrected chi connectivity index (χ0v) is 17.7. The van der Waals surface area contributed by atoms with E-state index in [1.807, 2.05) is 36.1 Å². The van der Waals surface area contributed by atoms with Gasteiger partial charge in [0.25, 0.3) is 5.56 Å². The summed E-state index contributed by atoms with van der Waals surface area (Å²) in [6.45, 7) is 4.05. The fraction of sp³-hybridized carbons (Fsp3) is 0.450. The van der Waals surface area contributed by atoms with E-state index in [1.165, 1.54) is 13.1 Å². The normalized spacial score (nSPS) is 16.8. The molecule has 1 atom stereocenters. The number of nitrogens with zero attached hydrogens (tertiary/aromatic N) is 3. The Hall–Kier alpha value is -2.35. The van der Waals surface area contributed by atoms with Crippen LogP contribution >= 0.6 is 15.9 Å². The fourth-order valence-corrected chi connectivity index (χ4v) is 3.82. The molecule has 1 fully saturated rings. The number of benzene rings is 1. The molecule has 8 heteroatoms. The summed E-state index contributed by atoms with van der Waals surface area (Å²) in [4.78, 5) is 39.2. The molecule has 7 nitrogen and oxygen atoms in total. The van der Waals surface area contributed by atoms with Crippen LogP contribution in [0.2, 0.25) is 0 Å². The predicted molar refractivity (Wildman–Crippen MR) is 113 cm³/mol. The van der Waals surface area contributed by atoms with Gasteiger partial charge >= 0.3 is 5.69 Å². The van der Waals surface area contributed by atoms with Gasteiger partial charge in [0, 0.05) is 43.8 Å². The lowest BCUT2D eigenvalue weighted by Crippen LogP contribution is -2.47. The van der Waals surface area contributed by atoms with Crippen LogP contribution in [0.3, 0.4) is 0 Å². The number of amides is 1. The van der Waals surface area contributed by atoms with Gasteiger partial charge in [-0.05, 0) is 37.5 Å². The Bertz CT molecular complexity index is 965. The molecule has 1 N–H and O–H groups in total. The van der Waals surface area contributed by atoms with Crippen molar-refractivity contribution in [3.63, 3.8) is 0 Å². The molecular weight excluding hydrogens is 424 g/mol. The largest absolute Gasteiger partial charge is 0.357 e. The monoisotopic (exact) mass is 448 g/mol. The first kappa shape index (κ1) is 20.4. The molecule has 1 saturated heterocycles. The standard InChI is InChI=1S/C20H25BrN4O3/c1-3-25-17(11-18(26)23(2)20(25)28)24-10-4-5-15(13-24)19(27)22-12-14-6-8-16(21)9-7-14/h6-9,11,15H,3-5,10,12-13H2,1-2H3,(H,22,27). The molecule has 28 heavy (non-hydrogen) atoms. The predicted octanol–water partition coefficient (Wildman–Crippen LogP) is 1.86. The summed E-state index contributed by atoms with van der Waals surface area (Å²) in [5, 5.41) is 3.01. The second kappa shape index (κ2) is 8.77. The number of piperidine rings is 1. The van der Waals surface area contributed by atoms with Gasteiger partial charge in [-0.2, -0.15) is 0 Å². The van der Waals surface area contributed by atoms with Crippen molar-refractivity contribution < 1.29 is 4.79 Å². The Morgan fingerprint density at radius 1 is 1.25 bits per heavy atom. The molecule has 0 bridgehead atoms. The van der Waals surface area contributed by atoms with Crippen LogP contribution in [-0.4, -0.2) is 28.1 Å². The Kier molecular flexibility index (Phi) is 6.39. The zero-order valence-electron chi connectivity index (χ0n) is 16.2. The van der Waals surface area contributed by atoms with Crippen molar-refractivity contribution in [3.8, 4) is 0 Å². The zero-order chi connectivity index (χ0) is 20.3. The minimum atomic E-state index is -0.327. The highest BCUT2D eigenvalue weighted by molar-refractivity contribution is 9.10. The minimum Gasteiger partial charge on any atom is -0.357 e. The molecule has 1 aromatic carbocycles. The third-order valence-corrected chi connectivity index (χ3v) is 5.72. The second-order valence-corrected chi connectivity index (χ2v) is 7.97. The maximum Gasteiger partial charge on any atom is 0.332 e. The molecule has 1 amide bonds. The molecule has 1 aliphatic rings. The number of carbonyl (C=O) groups excluding carboxylic acids is 1. The number of anilines is 1. The van der Waals surface area contributed by atoms with Crippen LogP contribution in [0.1, 0.15) is 25.3 Å². The van der Waals surface area contributed by atoms with E-state index in [9.17, 15) is 14.4 Å². The number of hydrogen-bond acceptors (Lipinski definition) is 4. The van der Waals surface area contributed by atoms with Crippen LogP contribution in [0.5, 0.6) is 0 Å². The summed E-state index contributed by atoms with van der Waals surface area (Å²) in [6.07, 6.45) is 1.63. The van der Waals surface area contributed by atoms with Gasteiger partial charge in [-0.1, -0.05) is 28.1 Å². The van der Waals surface area contributed by atoms with E-state index in [1.54, 1.807) is 4.57 Å². The summed E-state index contributed by atoms with van der Waals surface area (Å²) in [5.41, 5.74) is 0.383. The van der Waals surface area contributed by atoms with Crippen LogP contribution < -0.4 is 21.5 Å². The first-order valence-corrected chi connectivity index (χ1v) is 10.3.